The first-order valence-corrected chi connectivity index (χ1v) is 8.81. The number of nitrogens with one attached hydrogen (secondary N) is 1. The Morgan fingerprint density at radius 3 is 2.56 bits per heavy atom. The van der Waals surface area contributed by atoms with Crippen LogP contribution >= 0.6 is 11.6 Å². The predicted octanol–water partition coefficient (Wildman–Crippen LogP) is 4.27. The summed E-state index contributed by atoms with van der Waals surface area (Å²) in [5.41, 5.74) is 2.71. The van der Waals surface area contributed by atoms with Gasteiger partial charge in [0, 0.05) is 16.5 Å². The van der Waals surface area contributed by atoms with Gasteiger partial charge in [0.25, 0.3) is 0 Å². The van der Waals surface area contributed by atoms with E-state index in [1.165, 1.54) is 0 Å². The average molecular weight is 387 g/mol. The van der Waals surface area contributed by atoms with Gasteiger partial charge in [0.15, 0.2) is 5.82 Å². The lowest BCUT2D eigenvalue weighted by molar-refractivity contribution is 0.0691. The van der Waals surface area contributed by atoms with E-state index in [1.54, 1.807) is 21.0 Å². The zero-order chi connectivity index (χ0) is 19.5. The smallest absolute Gasteiger partial charge is 0.163 e. The second-order valence-electron chi connectivity index (χ2n) is 7.04. The molecule has 1 aromatic carbocycles. The van der Waals surface area contributed by atoms with Crippen LogP contribution in [0.25, 0.3) is 33.1 Å². The van der Waals surface area contributed by atoms with Gasteiger partial charge in [-0.2, -0.15) is 0 Å². The molecule has 4 aromatic rings. The third-order valence-corrected chi connectivity index (χ3v) is 4.85. The molecule has 4 rings (SSSR count). The number of aryl methyl sites for hydroxylation is 2. The zero-order valence-electron chi connectivity index (χ0n) is 15.6. The van der Waals surface area contributed by atoms with E-state index in [0.717, 1.165) is 27.7 Å². The maximum absolute atomic E-state index is 10.2. The van der Waals surface area contributed by atoms with Gasteiger partial charge in [-0.05, 0) is 39.8 Å². The van der Waals surface area contributed by atoms with Crippen molar-refractivity contribution < 1.29 is 14.4 Å². The second-order valence-corrected chi connectivity index (χ2v) is 7.40. The summed E-state index contributed by atoms with van der Waals surface area (Å²) in [5, 5.41) is 16.1. The Morgan fingerprint density at radius 1 is 1.22 bits per heavy atom. The number of H-pyrrole nitrogens is 1. The number of rotatable bonds is 3. The third-order valence-electron chi connectivity index (χ3n) is 4.58. The molecule has 0 aliphatic rings. The van der Waals surface area contributed by atoms with Crippen LogP contribution in [-0.4, -0.2) is 32.3 Å². The standard InChI is InChI=1S/C19H19ClN4O3/c1-8-14(9(2)27-24-8)11-6-12-10(7-13(11)26-5)15-16(20)22-18(19(3,4)25)23-17(15)21-12/h6-7,25H,1-5H3,(H,21,22,23). The predicted molar refractivity (Wildman–Crippen MR) is 103 cm³/mol. The molecule has 0 amide bonds. The van der Waals surface area contributed by atoms with Crippen molar-refractivity contribution in [1.29, 1.82) is 0 Å². The van der Waals surface area contributed by atoms with Gasteiger partial charge < -0.3 is 19.4 Å². The van der Waals surface area contributed by atoms with Crippen molar-refractivity contribution >= 4 is 33.5 Å². The molecule has 0 bridgehead atoms. The largest absolute Gasteiger partial charge is 0.496 e. The Morgan fingerprint density at radius 2 is 1.96 bits per heavy atom. The summed E-state index contributed by atoms with van der Waals surface area (Å²) < 4.78 is 10.9. The molecule has 0 aliphatic carbocycles. The van der Waals surface area contributed by atoms with E-state index in [2.05, 4.69) is 20.1 Å². The number of benzene rings is 1. The highest BCUT2D eigenvalue weighted by molar-refractivity contribution is 6.36. The number of aliphatic hydroxyl groups is 1. The van der Waals surface area contributed by atoms with Crippen molar-refractivity contribution in [2.45, 2.75) is 33.3 Å². The monoisotopic (exact) mass is 386 g/mol. The Hall–Kier alpha value is -2.64. The molecule has 27 heavy (non-hydrogen) atoms. The Balaban J connectivity index is 2.05. The van der Waals surface area contributed by atoms with Crippen molar-refractivity contribution in [2.75, 3.05) is 7.11 Å². The maximum atomic E-state index is 10.2. The number of hydrogen-bond donors (Lipinski definition) is 2. The molecule has 0 atom stereocenters. The minimum absolute atomic E-state index is 0.254. The molecule has 8 heteroatoms. The minimum atomic E-state index is -1.20. The first-order valence-electron chi connectivity index (χ1n) is 8.43. The van der Waals surface area contributed by atoms with E-state index in [0.29, 0.717) is 22.5 Å². The minimum Gasteiger partial charge on any atom is -0.496 e. The van der Waals surface area contributed by atoms with E-state index in [-0.39, 0.29) is 11.0 Å². The molecule has 2 N–H and O–H groups in total. The van der Waals surface area contributed by atoms with E-state index in [9.17, 15) is 5.11 Å². The van der Waals surface area contributed by atoms with E-state index >= 15 is 0 Å². The zero-order valence-corrected chi connectivity index (χ0v) is 16.4. The number of aromatic nitrogens is 4. The van der Waals surface area contributed by atoms with Crippen LogP contribution < -0.4 is 4.74 Å². The Kier molecular flexibility index (Phi) is 3.90. The van der Waals surface area contributed by atoms with Crippen LogP contribution in [0.1, 0.15) is 31.1 Å². The number of nitrogens with zero attached hydrogens (tertiary/aromatic N) is 3. The van der Waals surface area contributed by atoms with Crippen LogP contribution in [0, 0.1) is 13.8 Å². The molecule has 3 aromatic heterocycles. The summed E-state index contributed by atoms with van der Waals surface area (Å²) in [6.07, 6.45) is 0. The lowest BCUT2D eigenvalue weighted by Crippen LogP contribution is -2.19. The fourth-order valence-electron chi connectivity index (χ4n) is 3.29. The molecule has 0 spiro atoms. The van der Waals surface area contributed by atoms with Gasteiger partial charge in [-0.15, -0.1) is 0 Å². The summed E-state index contributed by atoms with van der Waals surface area (Å²) in [6.45, 7) is 6.98. The lowest BCUT2D eigenvalue weighted by Gasteiger charge is -2.15. The highest BCUT2D eigenvalue weighted by Gasteiger charge is 2.24. The number of aromatic amines is 1. The fourth-order valence-corrected chi connectivity index (χ4v) is 3.56. The Labute approximate surface area is 160 Å². The first kappa shape index (κ1) is 17.8. The summed E-state index contributed by atoms with van der Waals surface area (Å²) >= 11 is 6.43. The molecule has 7 nitrogen and oxygen atoms in total. The number of hydrogen-bond acceptors (Lipinski definition) is 6. The van der Waals surface area contributed by atoms with Crippen LogP contribution in [-0.2, 0) is 5.60 Å². The van der Waals surface area contributed by atoms with Crippen molar-refractivity contribution in [2.24, 2.45) is 0 Å². The third kappa shape index (κ3) is 2.74. The lowest BCUT2D eigenvalue weighted by atomic mass is 10.0. The highest BCUT2D eigenvalue weighted by atomic mass is 35.5. The average Bonchev–Trinajstić information content (AvgIpc) is 3.12. The SMILES string of the molecule is COc1cc2c(cc1-c1c(C)noc1C)[nH]c1nc(C(C)(C)O)nc(Cl)c12. The molecular weight excluding hydrogens is 368 g/mol. The van der Waals surface area contributed by atoms with Crippen molar-refractivity contribution in [3.05, 3.63) is 34.6 Å². The first-order chi connectivity index (χ1) is 12.7. The van der Waals surface area contributed by atoms with Gasteiger partial charge in [0.1, 0.15) is 27.9 Å². The Bertz CT molecular complexity index is 1170. The van der Waals surface area contributed by atoms with Crippen molar-refractivity contribution in [3.8, 4) is 16.9 Å². The van der Waals surface area contributed by atoms with Crippen LogP contribution in [0.4, 0.5) is 0 Å². The maximum Gasteiger partial charge on any atom is 0.163 e. The van der Waals surface area contributed by atoms with Crippen molar-refractivity contribution in [1.82, 2.24) is 20.1 Å². The summed E-state index contributed by atoms with van der Waals surface area (Å²) in [4.78, 5) is 12.0. The van der Waals surface area contributed by atoms with E-state index < -0.39 is 5.60 Å². The van der Waals surface area contributed by atoms with Gasteiger partial charge in [-0.25, -0.2) is 9.97 Å². The number of methoxy groups -OCH3 is 1. The molecule has 140 valence electrons. The molecule has 0 radical (unpaired) electrons. The summed E-state index contributed by atoms with van der Waals surface area (Å²) in [5.74, 6) is 1.63. The highest BCUT2D eigenvalue weighted by Crippen LogP contribution is 2.40. The van der Waals surface area contributed by atoms with Gasteiger partial charge in [-0.1, -0.05) is 16.8 Å². The number of ether oxygens (including phenoxy) is 1. The van der Waals surface area contributed by atoms with Crippen molar-refractivity contribution in [3.63, 3.8) is 0 Å². The van der Waals surface area contributed by atoms with Gasteiger partial charge >= 0.3 is 0 Å². The molecule has 0 saturated heterocycles. The van der Waals surface area contributed by atoms with E-state index in [1.807, 2.05) is 26.0 Å². The number of fused-ring (bicyclic) bond motifs is 3. The quantitative estimate of drug-likeness (QED) is 0.510. The van der Waals surface area contributed by atoms with Crippen LogP contribution in [0.15, 0.2) is 16.7 Å². The molecule has 0 aliphatic heterocycles. The van der Waals surface area contributed by atoms with Crippen LogP contribution in [0.3, 0.4) is 0 Å². The summed E-state index contributed by atoms with van der Waals surface area (Å²) in [6, 6.07) is 3.86. The van der Waals surface area contributed by atoms with E-state index in [4.69, 9.17) is 20.9 Å². The molecule has 3 heterocycles. The van der Waals surface area contributed by atoms with Gasteiger partial charge in [0.05, 0.1) is 23.8 Å². The van der Waals surface area contributed by atoms with Gasteiger partial charge in [-0.3, -0.25) is 0 Å². The number of halogens is 1. The van der Waals surface area contributed by atoms with Crippen LogP contribution in [0.5, 0.6) is 5.75 Å². The topological polar surface area (TPSA) is 97.1 Å². The van der Waals surface area contributed by atoms with Gasteiger partial charge in [0.2, 0.25) is 0 Å². The fraction of sp³-hybridized carbons (Fsp3) is 0.316. The molecular formula is C19H19ClN4O3. The second kappa shape index (κ2) is 5.94. The summed E-state index contributed by atoms with van der Waals surface area (Å²) in [7, 11) is 1.61. The molecule has 0 unspecified atom stereocenters. The van der Waals surface area contributed by atoms with Crippen LogP contribution in [0.2, 0.25) is 5.15 Å². The normalized spacial score (nSPS) is 12.3. The molecule has 0 saturated carbocycles. The molecule has 0 fully saturated rings.